The molecule has 2 aromatic rings. The van der Waals surface area contributed by atoms with Gasteiger partial charge in [0.05, 0.1) is 0 Å². The Hall–Kier alpha value is -1.79. The molecular weight excluding hydrogens is 395 g/mol. The van der Waals surface area contributed by atoms with E-state index in [0.29, 0.717) is 6.54 Å². The van der Waals surface area contributed by atoms with E-state index >= 15 is 0 Å². The Morgan fingerprint density at radius 1 is 1.00 bits per heavy atom. The van der Waals surface area contributed by atoms with Crippen LogP contribution in [0.2, 0.25) is 0 Å². The quantitative estimate of drug-likeness (QED) is 0.699. The molecule has 3 N–H and O–H groups in total. The van der Waals surface area contributed by atoms with Gasteiger partial charge in [-0.3, -0.25) is 9.69 Å². The zero-order valence-corrected chi connectivity index (χ0v) is 17.9. The summed E-state index contributed by atoms with van der Waals surface area (Å²) in [7, 11) is 2.16. The number of nitrogens with zero attached hydrogens (tertiary/aromatic N) is 2. The van der Waals surface area contributed by atoms with Crippen LogP contribution < -0.4 is 11.1 Å². The minimum Gasteiger partial charge on any atom is -0.399 e. The predicted octanol–water partition coefficient (Wildman–Crippen LogP) is 2.83. The zero-order valence-electron chi connectivity index (χ0n) is 16.3. The monoisotopic (exact) mass is 424 g/mol. The Labute approximate surface area is 180 Å². The molecular formula is C21H30Cl2N4O. The topological polar surface area (TPSA) is 61.6 Å². The summed E-state index contributed by atoms with van der Waals surface area (Å²) < 4.78 is 0. The number of nitrogen functional groups attached to an aromatic ring is 1. The lowest BCUT2D eigenvalue weighted by Gasteiger charge is -2.32. The van der Waals surface area contributed by atoms with Gasteiger partial charge < -0.3 is 16.0 Å². The number of anilines is 1. The van der Waals surface area contributed by atoms with E-state index in [1.165, 1.54) is 11.1 Å². The van der Waals surface area contributed by atoms with Crippen LogP contribution in [0.15, 0.2) is 48.5 Å². The van der Waals surface area contributed by atoms with Gasteiger partial charge in [0.15, 0.2) is 0 Å². The molecule has 0 bridgehead atoms. The average molecular weight is 425 g/mol. The second-order valence-corrected chi connectivity index (χ2v) is 7.03. The summed E-state index contributed by atoms with van der Waals surface area (Å²) in [5.74, 6) is -0.0133. The lowest BCUT2D eigenvalue weighted by Crippen LogP contribution is -2.43. The number of hydrogen-bond acceptors (Lipinski definition) is 4. The first kappa shape index (κ1) is 24.2. The number of likely N-dealkylation sites (N-methyl/N-ethyl adjacent to an activating group) is 1. The van der Waals surface area contributed by atoms with Gasteiger partial charge in [-0.25, -0.2) is 0 Å². The highest BCUT2D eigenvalue weighted by atomic mass is 35.5. The summed E-state index contributed by atoms with van der Waals surface area (Å²) in [4.78, 5) is 17.2. The van der Waals surface area contributed by atoms with Gasteiger partial charge in [0.1, 0.15) is 0 Å². The molecule has 1 aliphatic heterocycles. The molecule has 1 fully saturated rings. The van der Waals surface area contributed by atoms with Gasteiger partial charge in [0, 0.05) is 50.5 Å². The second-order valence-electron chi connectivity index (χ2n) is 7.03. The molecule has 0 radical (unpaired) electrons. The highest BCUT2D eigenvalue weighted by molar-refractivity contribution is 5.94. The SMILES string of the molecule is CN1CCN(Cc2cccc(C(=O)NCCc3ccc(N)cc3)c2)CC1.Cl.Cl. The number of hydrogen-bond donors (Lipinski definition) is 2. The molecule has 7 heteroatoms. The van der Waals surface area contributed by atoms with Crippen LogP contribution in [0.25, 0.3) is 0 Å². The lowest BCUT2D eigenvalue weighted by molar-refractivity contribution is 0.0954. The standard InChI is InChI=1S/C21H28N4O.2ClH/c1-24-11-13-25(14-12-24)16-18-3-2-4-19(15-18)21(26)23-10-9-17-5-7-20(22)8-6-17;;/h2-8,15H,9-14,16,22H2,1H3,(H,23,26);2*1H. The van der Waals surface area contributed by atoms with Gasteiger partial charge in [0.25, 0.3) is 5.91 Å². The smallest absolute Gasteiger partial charge is 0.251 e. The van der Waals surface area contributed by atoms with E-state index in [9.17, 15) is 4.79 Å². The average Bonchev–Trinajstić information content (AvgIpc) is 2.65. The van der Waals surface area contributed by atoms with Crippen LogP contribution in [0.5, 0.6) is 0 Å². The van der Waals surface area contributed by atoms with Crippen LogP contribution in [0.1, 0.15) is 21.5 Å². The number of carbonyl (C=O) groups excluding carboxylic acids is 1. The molecule has 5 nitrogen and oxygen atoms in total. The highest BCUT2D eigenvalue weighted by Crippen LogP contribution is 2.11. The Balaban J connectivity index is 0.00000196. The molecule has 1 amide bonds. The number of carbonyl (C=O) groups is 1. The van der Waals surface area contributed by atoms with E-state index in [2.05, 4.69) is 28.2 Å². The molecule has 28 heavy (non-hydrogen) atoms. The molecule has 1 saturated heterocycles. The van der Waals surface area contributed by atoms with Gasteiger partial charge in [-0.2, -0.15) is 0 Å². The van der Waals surface area contributed by atoms with Gasteiger partial charge in [-0.1, -0.05) is 24.3 Å². The molecule has 2 aromatic carbocycles. The minimum atomic E-state index is -0.0133. The summed E-state index contributed by atoms with van der Waals surface area (Å²) in [5, 5.41) is 3.01. The maximum Gasteiger partial charge on any atom is 0.251 e. The molecule has 0 aromatic heterocycles. The van der Waals surface area contributed by atoms with Crippen LogP contribution in [-0.2, 0) is 13.0 Å². The number of halogens is 2. The summed E-state index contributed by atoms with van der Waals surface area (Å²) in [6.07, 6.45) is 0.799. The van der Waals surface area contributed by atoms with Crippen molar-refractivity contribution in [2.45, 2.75) is 13.0 Å². The van der Waals surface area contributed by atoms with Crippen molar-refractivity contribution in [1.29, 1.82) is 0 Å². The number of rotatable bonds is 6. The van der Waals surface area contributed by atoms with E-state index in [-0.39, 0.29) is 30.7 Å². The summed E-state index contributed by atoms with van der Waals surface area (Å²) in [5.41, 5.74) is 9.55. The first-order valence-corrected chi connectivity index (χ1v) is 9.22. The Morgan fingerprint density at radius 3 is 2.36 bits per heavy atom. The molecule has 0 aliphatic carbocycles. The van der Waals surface area contributed by atoms with Crippen molar-refractivity contribution >= 4 is 36.4 Å². The van der Waals surface area contributed by atoms with Gasteiger partial charge >= 0.3 is 0 Å². The largest absolute Gasteiger partial charge is 0.399 e. The van der Waals surface area contributed by atoms with Crippen LogP contribution in [0, 0.1) is 0 Å². The maximum atomic E-state index is 12.4. The molecule has 1 aliphatic rings. The fourth-order valence-electron chi connectivity index (χ4n) is 3.18. The third kappa shape index (κ3) is 7.32. The van der Waals surface area contributed by atoms with Crippen molar-refractivity contribution in [1.82, 2.24) is 15.1 Å². The molecule has 0 spiro atoms. The number of nitrogens with one attached hydrogen (secondary N) is 1. The number of benzene rings is 2. The first-order chi connectivity index (χ1) is 12.6. The van der Waals surface area contributed by atoms with Crippen LogP contribution in [0.4, 0.5) is 5.69 Å². The minimum absolute atomic E-state index is 0. The van der Waals surface area contributed by atoms with Gasteiger partial charge in [0.2, 0.25) is 0 Å². The van der Waals surface area contributed by atoms with E-state index in [1.54, 1.807) is 0 Å². The fourth-order valence-corrected chi connectivity index (χ4v) is 3.18. The second kappa shape index (κ2) is 11.9. The van der Waals surface area contributed by atoms with Gasteiger partial charge in [-0.05, 0) is 48.9 Å². The molecule has 0 unspecified atom stereocenters. The predicted molar refractivity (Wildman–Crippen MR) is 121 cm³/mol. The number of amides is 1. The van der Waals surface area contributed by atoms with Crippen molar-refractivity contribution in [3.05, 3.63) is 65.2 Å². The van der Waals surface area contributed by atoms with E-state index < -0.39 is 0 Å². The lowest BCUT2D eigenvalue weighted by atomic mass is 10.1. The molecule has 154 valence electrons. The molecule has 0 saturated carbocycles. The summed E-state index contributed by atoms with van der Waals surface area (Å²) in [6, 6.07) is 15.7. The number of nitrogens with two attached hydrogens (primary N) is 1. The van der Waals surface area contributed by atoms with E-state index in [0.717, 1.165) is 50.4 Å². The van der Waals surface area contributed by atoms with Crippen LogP contribution in [0.3, 0.4) is 0 Å². The highest BCUT2D eigenvalue weighted by Gasteiger charge is 2.14. The van der Waals surface area contributed by atoms with Gasteiger partial charge in [-0.15, -0.1) is 24.8 Å². The third-order valence-electron chi connectivity index (χ3n) is 4.87. The van der Waals surface area contributed by atoms with Crippen LogP contribution >= 0.6 is 24.8 Å². The first-order valence-electron chi connectivity index (χ1n) is 9.22. The van der Waals surface area contributed by atoms with Crippen molar-refractivity contribution in [3.63, 3.8) is 0 Å². The Kier molecular flexibility index (Phi) is 10.3. The fraction of sp³-hybridized carbons (Fsp3) is 0.381. The maximum absolute atomic E-state index is 12.4. The van der Waals surface area contributed by atoms with Crippen molar-refractivity contribution in [2.24, 2.45) is 0 Å². The Bertz CT molecular complexity index is 731. The number of piperazine rings is 1. The van der Waals surface area contributed by atoms with Crippen molar-refractivity contribution in [3.8, 4) is 0 Å². The molecule has 0 atom stereocenters. The van der Waals surface area contributed by atoms with Crippen molar-refractivity contribution in [2.75, 3.05) is 45.5 Å². The molecule has 1 heterocycles. The van der Waals surface area contributed by atoms with E-state index in [4.69, 9.17) is 5.73 Å². The van der Waals surface area contributed by atoms with Crippen LogP contribution in [-0.4, -0.2) is 55.5 Å². The molecule has 3 rings (SSSR count). The zero-order chi connectivity index (χ0) is 18.4. The Morgan fingerprint density at radius 2 is 1.68 bits per heavy atom. The summed E-state index contributed by atoms with van der Waals surface area (Å²) >= 11 is 0. The third-order valence-corrected chi connectivity index (χ3v) is 4.87. The van der Waals surface area contributed by atoms with Crippen molar-refractivity contribution < 1.29 is 4.79 Å². The normalized spacial score (nSPS) is 14.6. The summed E-state index contributed by atoms with van der Waals surface area (Å²) in [6.45, 7) is 5.88. The van der Waals surface area contributed by atoms with E-state index in [1.807, 2.05) is 42.5 Å².